The monoisotopic (exact) mass is 210 g/mol. The van der Waals surface area contributed by atoms with E-state index in [1.54, 1.807) is 0 Å². The Morgan fingerprint density at radius 3 is 2.40 bits per heavy atom. The maximum absolute atomic E-state index is 3.26. The second-order valence-corrected chi connectivity index (χ2v) is 5.60. The van der Waals surface area contributed by atoms with E-state index in [0.717, 1.165) is 17.9 Å². The van der Waals surface area contributed by atoms with Crippen molar-refractivity contribution in [3.8, 4) is 0 Å². The van der Waals surface area contributed by atoms with Crippen LogP contribution in [0.1, 0.15) is 39.0 Å². The van der Waals surface area contributed by atoms with Crippen LogP contribution in [-0.2, 0) is 0 Å². The first-order valence-electron chi connectivity index (χ1n) is 6.68. The number of hydrogen-bond acceptors (Lipinski definition) is 2. The van der Waals surface area contributed by atoms with Gasteiger partial charge in [0.15, 0.2) is 0 Å². The molecule has 0 aromatic rings. The maximum Gasteiger partial charge on any atom is 0.0100 e. The van der Waals surface area contributed by atoms with Crippen molar-refractivity contribution in [2.24, 2.45) is 11.8 Å². The Hall–Kier alpha value is -0.0800. The summed E-state index contributed by atoms with van der Waals surface area (Å²) in [6, 6.07) is 0.949. The number of hydrogen-bond donors (Lipinski definition) is 1. The van der Waals surface area contributed by atoms with Crippen LogP contribution in [0.15, 0.2) is 0 Å². The number of nitrogens with one attached hydrogen (secondary N) is 1. The van der Waals surface area contributed by atoms with Crippen molar-refractivity contribution in [1.82, 2.24) is 10.2 Å². The molecule has 1 N–H and O–H groups in total. The fraction of sp³-hybridized carbons (Fsp3) is 1.00. The zero-order valence-electron chi connectivity index (χ0n) is 10.3. The van der Waals surface area contributed by atoms with Gasteiger partial charge in [0.25, 0.3) is 0 Å². The van der Waals surface area contributed by atoms with Crippen molar-refractivity contribution >= 4 is 0 Å². The van der Waals surface area contributed by atoms with Gasteiger partial charge in [0.2, 0.25) is 0 Å². The molecule has 1 aliphatic carbocycles. The van der Waals surface area contributed by atoms with Crippen molar-refractivity contribution in [1.29, 1.82) is 0 Å². The van der Waals surface area contributed by atoms with Gasteiger partial charge in [-0.3, -0.25) is 0 Å². The quantitative estimate of drug-likeness (QED) is 0.764. The molecule has 0 spiro atoms. The van der Waals surface area contributed by atoms with Crippen LogP contribution in [0.4, 0.5) is 0 Å². The summed E-state index contributed by atoms with van der Waals surface area (Å²) < 4.78 is 0. The highest BCUT2D eigenvalue weighted by atomic mass is 15.2. The largest absolute Gasteiger partial charge is 0.320 e. The molecule has 0 aromatic carbocycles. The molecular formula is C13H26N2. The van der Waals surface area contributed by atoms with Gasteiger partial charge in [0, 0.05) is 6.04 Å². The molecule has 1 saturated carbocycles. The van der Waals surface area contributed by atoms with E-state index in [4.69, 9.17) is 0 Å². The molecule has 2 fully saturated rings. The van der Waals surface area contributed by atoms with E-state index >= 15 is 0 Å². The van der Waals surface area contributed by atoms with Crippen LogP contribution < -0.4 is 5.32 Å². The number of likely N-dealkylation sites (tertiary alicyclic amines) is 1. The molecule has 2 aliphatic rings. The lowest BCUT2D eigenvalue weighted by atomic mass is 9.79. The van der Waals surface area contributed by atoms with Gasteiger partial charge in [-0.05, 0) is 70.6 Å². The van der Waals surface area contributed by atoms with Gasteiger partial charge in [-0.25, -0.2) is 0 Å². The van der Waals surface area contributed by atoms with Gasteiger partial charge >= 0.3 is 0 Å². The molecule has 15 heavy (non-hydrogen) atoms. The Balaban J connectivity index is 1.64. The van der Waals surface area contributed by atoms with Crippen LogP contribution >= 0.6 is 0 Å². The fourth-order valence-corrected chi connectivity index (χ4v) is 3.11. The third-order valence-corrected chi connectivity index (χ3v) is 4.32. The first-order chi connectivity index (χ1) is 7.29. The second-order valence-electron chi connectivity index (χ2n) is 5.60. The average Bonchev–Trinajstić information content (AvgIpc) is 2.23. The van der Waals surface area contributed by atoms with E-state index in [2.05, 4.69) is 24.2 Å². The lowest BCUT2D eigenvalue weighted by Crippen LogP contribution is -2.47. The van der Waals surface area contributed by atoms with Gasteiger partial charge in [-0.15, -0.1) is 0 Å². The maximum atomic E-state index is 3.26. The molecule has 1 heterocycles. The Morgan fingerprint density at radius 1 is 1.20 bits per heavy atom. The molecule has 1 aliphatic heterocycles. The second kappa shape index (κ2) is 5.31. The molecule has 88 valence electrons. The van der Waals surface area contributed by atoms with Crippen LogP contribution in [0.25, 0.3) is 0 Å². The number of rotatable bonds is 4. The minimum atomic E-state index is 0.949. The van der Waals surface area contributed by atoms with E-state index in [1.807, 2.05) is 0 Å². The Morgan fingerprint density at radius 2 is 1.87 bits per heavy atom. The summed E-state index contributed by atoms with van der Waals surface area (Å²) in [5.41, 5.74) is 0. The minimum Gasteiger partial charge on any atom is -0.320 e. The molecule has 2 heteroatoms. The van der Waals surface area contributed by atoms with E-state index < -0.39 is 0 Å². The molecule has 0 bridgehead atoms. The lowest BCUT2D eigenvalue weighted by molar-refractivity contribution is 0.0533. The fourth-order valence-electron chi connectivity index (χ4n) is 3.11. The summed E-state index contributed by atoms with van der Waals surface area (Å²) in [7, 11) is 2.06. The van der Waals surface area contributed by atoms with Crippen LogP contribution in [-0.4, -0.2) is 37.6 Å². The van der Waals surface area contributed by atoms with Gasteiger partial charge in [-0.2, -0.15) is 0 Å². The third-order valence-electron chi connectivity index (χ3n) is 4.32. The topological polar surface area (TPSA) is 15.3 Å². The summed E-state index contributed by atoms with van der Waals surface area (Å²) in [4.78, 5) is 2.75. The van der Waals surface area contributed by atoms with Gasteiger partial charge in [0.1, 0.15) is 0 Å². The zero-order chi connectivity index (χ0) is 10.7. The first kappa shape index (κ1) is 11.4. The lowest BCUT2D eigenvalue weighted by Gasteiger charge is -2.44. The molecular weight excluding hydrogens is 184 g/mol. The standard InChI is InChI=1S/C13H26N2/c1-11-9-13(10-11)15-7-4-12(5-8-15)3-6-14-2/h11-14H,3-10H2,1-2H3. The van der Waals surface area contributed by atoms with Crippen molar-refractivity contribution in [2.45, 2.75) is 45.1 Å². The normalized spacial score (nSPS) is 34.0. The highest BCUT2D eigenvalue weighted by molar-refractivity contribution is 4.87. The van der Waals surface area contributed by atoms with Crippen LogP contribution in [0, 0.1) is 11.8 Å². The molecule has 2 rings (SSSR count). The van der Waals surface area contributed by atoms with Crippen LogP contribution in [0.5, 0.6) is 0 Å². The molecule has 0 amide bonds. The van der Waals surface area contributed by atoms with Gasteiger partial charge in [0.05, 0.1) is 0 Å². The summed E-state index contributed by atoms with van der Waals surface area (Å²) in [5, 5.41) is 3.26. The highest BCUT2D eigenvalue weighted by Crippen LogP contribution is 2.33. The summed E-state index contributed by atoms with van der Waals surface area (Å²) in [5.74, 6) is 1.99. The predicted octanol–water partition coefficient (Wildman–Crippen LogP) is 2.11. The molecule has 1 saturated heterocycles. The van der Waals surface area contributed by atoms with Gasteiger partial charge in [-0.1, -0.05) is 6.92 Å². The Kier molecular flexibility index (Phi) is 4.04. The summed E-state index contributed by atoms with van der Waals surface area (Å²) in [6.07, 6.45) is 7.17. The minimum absolute atomic E-state index is 0.949. The predicted molar refractivity (Wildman–Crippen MR) is 65.0 cm³/mol. The molecule has 0 aromatic heterocycles. The van der Waals surface area contributed by atoms with E-state index in [9.17, 15) is 0 Å². The zero-order valence-corrected chi connectivity index (χ0v) is 10.3. The Bertz CT molecular complexity index is 179. The van der Waals surface area contributed by atoms with Crippen molar-refractivity contribution in [2.75, 3.05) is 26.7 Å². The third kappa shape index (κ3) is 2.94. The smallest absolute Gasteiger partial charge is 0.0100 e. The van der Waals surface area contributed by atoms with Gasteiger partial charge < -0.3 is 10.2 Å². The first-order valence-corrected chi connectivity index (χ1v) is 6.68. The van der Waals surface area contributed by atoms with Crippen molar-refractivity contribution in [3.05, 3.63) is 0 Å². The molecule has 0 unspecified atom stereocenters. The number of nitrogens with zero attached hydrogens (tertiary/aromatic N) is 1. The van der Waals surface area contributed by atoms with E-state index in [1.165, 1.54) is 51.7 Å². The van der Waals surface area contributed by atoms with Crippen molar-refractivity contribution < 1.29 is 0 Å². The van der Waals surface area contributed by atoms with E-state index in [-0.39, 0.29) is 0 Å². The average molecular weight is 210 g/mol. The van der Waals surface area contributed by atoms with Crippen molar-refractivity contribution in [3.63, 3.8) is 0 Å². The molecule has 0 radical (unpaired) electrons. The molecule has 2 nitrogen and oxygen atoms in total. The van der Waals surface area contributed by atoms with Crippen LogP contribution in [0.3, 0.4) is 0 Å². The number of piperidine rings is 1. The SMILES string of the molecule is CNCCC1CCN(C2CC(C)C2)CC1. The summed E-state index contributed by atoms with van der Waals surface area (Å²) >= 11 is 0. The summed E-state index contributed by atoms with van der Waals surface area (Å²) in [6.45, 7) is 6.32. The molecule has 0 atom stereocenters. The van der Waals surface area contributed by atoms with Crippen LogP contribution in [0.2, 0.25) is 0 Å². The Labute approximate surface area is 94.4 Å². The highest BCUT2D eigenvalue weighted by Gasteiger charge is 2.32. The van der Waals surface area contributed by atoms with E-state index in [0.29, 0.717) is 0 Å².